The van der Waals surface area contributed by atoms with Crippen LogP contribution in [-0.2, 0) is 0 Å². The van der Waals surface area contributed by atoms with E-state index in [0.29, 0.717) is 16.3 Å². The maximum atomic E-state index is 12.0. The molecule has 2 rings (SSSR count). The molecule has 0 fully saturated rings. The number of benzene rings is 1. The van der Waals surface area contributed by atoms with Crippen LogP contribution in [0.1, 0.15) is 16.1 Å². The number of thiocarbonyl (C=S) groups is 1. The van der Waals surface area contributed by atoms with E-state index < -0.39 is 11.5 Å². The van der Waals surface area contributed by atoms with Crippen LogP contribution in [0.15, 0.2) is 35.1 Å². The lowest BCUT2D eigenvalue weighted by molar-refractivity contribution is 0.102. The molecule has 0 aliphatic rings. The van der Waals surface area contributed by atoms with E-state index in [2.05, 4.69) is 15.5 Å². The Morgan fingerprint density at radius 2 is 2.10 bits per heavy atom. The highest BCUT2D eigenvalue weighted by Gasteiger charge is 2.12. The van der Waals surface area contributed by atoms with Gasteiger partial charge in [-0.3, -0.25) is 9.59 Å². The number of anilines is 1. The largest absolute Gasteiger partial charge is 0.389 e. The molecule has 1 heterocycles. The van der Waals surface area contributed by atoms with Crippen molar-refractivity contribution in [1.29, 1.82) is 0 Å². The van der Waals surface area contributed by atoms with Crippen molar-refractivity contribution >= 4 is 40.4 Å². The third-order valence-electron chi connectivity index (χ3n) is 2.41. The smallest absolute Gasteiger partial charge is 0.276 e. The standard InChI is InChI=1S/C12H9ClN4O2S/c13-6-1-2-7(11(14)20)9(5-6)15-12(19)8-3-4-10(18)17-16-8/h1-5H,(H2,14,20)(H,15,19)(H,17,18). The monoisotopic (exact) mass is 308 g/mol. The van der Waals surface area contributed by atoms with E-state index in [4.69, 9.17) is 29.6 Å². The molecule has 0 aliphatic heterocycles. The molecule has 4 N–H and O–H groups in total. The summed E-state index contributed by atoms with van der Waals surface area (Å²) in [6.07, 6.45) is 0. The van der Waals surface area contributed by atoms with E-state index >= 15 is 0 Å². The van der Waals surface area contributed by atoms with Gasteiger partial charge in [0.15, 0.2) is 0 Å². The Bertz CT molecular complexity index is 724. The summed E-state index contributed by atoms with van der Waals surface area (Å²) in [6.45, 7) is 0. The van der Waals surface area contributed by atoms with Gasteiger partial charge in [0.05, 0.1) is 5.69 Å². The third-order valence-corrected chi connectivity index (χ3v) is 2.86. The van der Waals surface area contributed by atoms with Crippen LogP contribution in [0.5, 0.6) is 0 Å². The van der Waals surface area contributed by atoms with Gasteiger partial charge in [-0.25, -0.2) is 5.10 Å². The first-order chi connectivity index (χ1) is 9.47. The molecular weight excluding hydrogens is 300 g/mol. The van der Waals surface area contributed by atoms with Crippen molar-refractivity contribution in [3.8, 4) is 0 Å². The van der Waals surface area contributed by atoms with E-state index in [9.17, 15) is 9.59 Å². The highest BCUT2D eigenvalue weighted by molar-refractivity contribution is 7.80. The van der Waals surface area contributed by atoms with Gasteiger partial charge in [-0.05, 0) is 24.3 Å². The molecule has 102 valence electrons. The average molecular weight is 309 g/mol. The van der Waals surface area contributed by atoms with Crippen molar-refractivity contribution in [2.24, 2.45) is 5.73 Å². The van der Waals surface area contributed by atoms with Gasteiger partial charge in [-0.2, -0.15) is 5.10 Å². The number of hydrogen-bond acceptors (Lipinski definition) is 4. The van der Waals surface area contributed by atoms with Gasteiger partial charge < -0.3 is 11.1 Å². The molecule has 0 aliphatic carbocycles. The Labute approximate surface area is 124 Å². The number of nitrogens with two attached hydrogens (primary N) is 1. The zero-order valence-corrected chi connectivity index (χ0v) is 11.6. The van der Waals surface area contributed by atoms with Gasteiger partial charge in [0.2, 0.25) is 0 Å². The SMILES string of the molecule is NC(=S)c1ccc(Cl)cc1NC(=O)c1ccc(=O)[nH]n1. The zero-order chi connectivity index (χ0) is 14.7. The minimum absolute atomic E-state index is 0.0541. The summed E-state index contributed by atoms with van der Waals surface area (Å²) in [6, 6.07) is 7.26. The lowest BCUT2D eigenvalue weighted by Crippen LogP contribution is -2.20. The summed E-state index contributed by atoms with van der Waals surface area (Å²) in [5.74, 6) is -0.513. The van der Waals surface area contributed by atoms with Crippen LogP contribution in [0, 0.1) is 0 Å². The molecule has 0 saturated heterocycles. The second-order valence-electron chi connectivity index (χ2n) is 3.81. The van der Waals surface area contributed by atoms with Gasteiger partial charge in [0.25, 0.3) is 11.5 Å². The highest BCUT2D eigenvalue weighted by Crippen LogP contribution is 2.21. The molecule has 0 atom stereocenters. The number of nitrogens with zero attached hydrogens (tertiary/aromatic N) is 1. The maximum Gasteiger partial charge on any atom is 0.276 e. The number of aromatic nitrogens is 2. The normalized spacial score (nSPS) is 10.1. The van der Waals surface area contributed by atoms with Gasteiger partial charge in [0, 0.05) is 16.7 Å². The average Bonchev–Trinajstić information content (AvgIpc) is 2.39. The summed E-state index contributed by atoms with van der Waals surface area (Å²) >= 11 is 10.8. The van der Waals surface area contributed by atoms with Crippen LogP contribution >= 0.6 is 23.8 Å². The Kier molecular flexibility index (Phi) is 4.11. The summed E-state index contributed by atoms with van der Waals surface area (Å²) in [5.41, 5.74) is 6.10. The molecule has 1 amide bonds. The number of amides is 1. The molecule has 0 saturated carbocycles. The molecule has 1 aromatic carbocycles. The maximum absolute atomic E-state index is 12.0. The number of carbonyl (C=O) groups is 1. The molecule has 8 heteroatoms. The topological polar surface area (TPSA) is 101 Å². The van der Waals surface area contributed by atoms with Gasteiger partial charge in [-0.1, -0.05) is 23.8 Å². The minimum atomic E-state index is -0.513. The van der Waals surface area contributed by atoms with E-state index in [1.54, 1.807) is 12.1 Å². The number of halogens is 1. The fourth-order valence-corrected chi connectivity index (χ4v) is 1.84. The van der Waals surface area contributed by atoms with Gasteiger partial charge in [0.1, 0.15) is 10.7 Å². The molecule has 20 heavy (non-hydrogen) atoms. The Morgan fingerprint density at radius 1 is 1.35 bits per heavy atom. The van der Waals surface area contributed by atoms with Crippen LogP contribution in [0.2, 0.25) is 5.02 Å². The first-order valence-corrected chi connectivity index (χ1v) is 6.22. The lowest BCUT2D eigenvalue weighted by atomic mass is 10.1. The molecule has 0 radical (unpaired) electrons. The Morgan fingerprint density at radius 3 is 2.70 bits per heavy atom. The van der Waals surface area contributed by atoms with E-state index in [0.717, 1.165) is 0 Å². The van der Waals surface area contributed by atoms with Crippen molar-refractivity contribution in [3.63, 3.8) is 0 Å². The number of H-pyrrole nitrogens is 1. The van der Waals surface area contributed by atoms with Crippen molar-refractivity contribution in [2.45, 2.75) is 0 Å². The highest BCUT2D eigenvalue weighted by atomic mass is 35.5. The van der Waals surface area contributed by atoms with Crippen molar-refractivity contribution in [3.05, 3.63) is 57.0 Å². The van der Waals surface area contributed by atoms with Crippen molar-refractivity contribution in [1.82, 2.24) is 10.2 Å². The predicted molar refractivity (Wildman–Crippen MR) is 80.2 cm³/mol. The van der Waals surface area contributed by atoms with Crippen molar-refractivity contribution in [2.75, 3.05) is 5.32 Å². The Hall–Kier alpha value is -2.25. The van der Waals surface area contributed by atoms with Crippen LogP contribution in [-0.4, -0.2) is 21.1 Å². The minimum Gasteiger partial charge on any atom is -0.389 e. The summed E-state index contributed by atoms with van der Waals surface area (Å²) < 4.78 is 0. The molecule has 0 bridgehead atoms. The van der Waals surface area contributed by atoms with Crippen LogP contribution < -0.4 is 16.6 Å². The number of carbonyl (C=O) groups excluding carboxylic acids is 1. The summed E-state index contributed by atoms with van der Waals surface area (Å²) in [5, 5.41) is 8.82. The van der Waals surface area contributed by atoms with Crippen LogP contribution in [0.3, 0.4) is 0 Å². The lowest BCUT2D eigenvalue weighted by Gasteiger charge is -2.10. The molecular formula is C12H9ClN4O2S. The van der Waals surface area contributed by atoms with Gasteiger partial charge in [-0.15, -0.1) is 0 Å². The number of rotatable bonds is 3. The van der Waals surface area contributed by atoms with E-state index in [-0.39, 0.29) is 10.7 Å². The molecule has 1 aromatic heterocycles. The molecule has 2 aromatic rings. The van der Waals surface area contributed by atoms with E-state index in [1.165, 1.54) is 18.2 Å². The number of hydrogen-bond donors (Lipinski definition) is 3. The molecule has 0 spiro atoms. The first-order valence-electron chi connectivity index (χ1n) is 5.44. The Balaban J connectivity index is 2.32. The zero-order valence-electron chi connectivity index (χ0n) is 10.0. The summed E-state index contributed by atoms with van der Waals surface area (Å²) in [7, 11) is 0. The second kappa shape index (κ2) is 5.81. The summed E-state index contributed by atoms with van der Waals surface area (Å²) in [4.78, 5) is 23.0. The molecule has 6 nitrogen and oxygen atoms in total. The fraction of sp³-hybridized carbons (Fsp3) is 0. The first kappa shape index (κ1) is 14.2. The third kappa shape index (κ3) is 3.19. The number of nitrogens with one attached hydrogen (secondary N) is 2. The predicted octanol–water partition coefficient (Wildman–Crippen LogP) is 1.31. The van der Waals surface area contributed by atoms with Crippen molar-refractivity contribution < 1.29 is 4.79 Å². The van der Waals surface area contributed by atoms with Gasteiger partial charge >= 0.3 is 0 Å². The quantitative estimate of drug-likeness (QED) is 0.742. The van der Waals surface area contributed by atoms with Crippen LogP contribution in [0.4, 0.5) is 5.69 Å². The fourth-order valence-electron chi connectivity index (χ4n) is 1.49. The molecule has 0 unspecified atom stereocenters. The van der Waals surface area contributed by atoms with E-state index in [1.807, 2.05) is 0 Å². The number of aromatic amines is 1. The second-order valence-corrected chi connectivity index (χ2v) is 4.69. The van der Waals surface area contributed by atoms with Crippen LogP contribution in [0.25, 0.3) is 0 Å².